The average molecular weight is 657 g/mol. The molecule has 0 bridgehead atoms. The Morgan fingerprint density at radius 1 is 1.02 bits per heavy atom. The molecule has 0 radical (unpaired) electrons. The first-order chi connectivity index (χ1) is 21.5. The van der Waals surface area contributed by atoms with Crippen LogP contribution < -0.4 is 5.32 Å². The van der Waals surface area contributed by atoms with Crippen LogP contribution in [0.15, 0.2) is 66.9 Å². The molecule has 10 nitrogen and oxygen atoms in total. The first kappa shape index (κ1) is 31.8. The Hall–Kier alpha value is -4.62. The number of nitrogens with one attached hydrogen (secondary N) is 1. The van der Waals surface area contributed by atoms with Gasteiger partial charge in [0.25, 0.3) is 5.91 Å². The maximum Gasteiger partial charge on any atom is 0.389 e. The Bertz CT molecular complexity index is 1840. The van der Waals surface area contributed by atoms with Crippen LogP contribution in [0.5, 0.6) is 0 Å². The molecule has 0 unspecified atom stereocenters. The van der Waals surface area contributed by atoms with Crippen molar-refractivity contribution in [3.8, 4) is 5.82 Å². The minimum Gasteiger partial charge on any atom is -0.348 e. The monoisotopic (exact) mass is 656 g/mol. The third kappa shape index (κ3) is 7.91. The number of carbonyl (C=O) groups excluding carboxylic acids is 2. The molecule has 3 aromatic heterocycles. The second-order valence-corrected chi connectivity index (χ2v) is 11.0. The van der Waals surface area contributed by atoms with Crippen LogP contribution in [0.3, 0.4) is 0 Å². The molecule has 0 aliphatic carbocycles. The summed E-state index contributed by atoms with van der Waals surface area (Å²) in [5, 5.41) is 18.9. The molecule has 15 heteroatoms. The van der Waals surface area contributed by atoms with Gasteiger partial charge >= 0.3 is 6.18 Å². The van der Waals surface area contributed by atoms with Crippen LogP contribution in [0.2, 0.25) is 10.0 Å². The number of carbonyl (C=O) groups is 2. The standard InChI is InChI=1S/C30H25Cl2F3N8O2/c1-18-12-20(31)13-23(29(45)37-16-19-6-3-2-4-7-19)22(18)15-26(44)25-14-21(39-43(25)28-24(32)8-5-11-36-28)17-42-27(38-40-41-42)9-10-30(33,34)35/h2-8,11-14H,9-10,15-17H2,1H3,(H,37,45). The van der Waals surface area contributed by atoms with Crippen LogP contribution in [-0.4, -0.2) is 52.8 Å². The number of aryl methyl sites for hydroxylation is 2. The van der Waals surface area contributed by atoms with Crippen molar-refractivity contribution in [2.75, 3.05) is 0 Å². The summed E-state index contributed by atoms with van der Waals surface area (Å²) in [5.74, 6) is -0.656. The van der Waals surface area contributed by atoms with Crippen molar-refractivity contribution in [2.24, 2.45) is 0 Å². The van der Waals surface area contributed by atoms with Gasteiger partial charge in [-0.05, 0) is 64.4 Å². The number of hydrogen-bond acceptors (Lipinski definition) is 7. The molecular formula is C30H25Cl2F3N8O2. The summed E-state index contributed by atoms with van der Waals surface area (Å²) in [6.45, 7) is 1.90. The lowest BCUT2D eigenvalue weighted by atomic mass is 9.95. The van der Waals surface area contributed by atoms with Crippen molar-refractivity contribution in [1.82, 2.24) is 40.3 Å². The number of hydrogen-bond donors (Lipinski definition) is 1. The number of alkyl halides is 3. The number of benzene rings is 2. The number of rotatable bonds is 11. The molecule has 5 rings (SSSR count). The molecule has 1 N–H and O–H groups in total. The molecule has 0 aliphatic heterocycles. The highest BCUT2D eigenvalue weighted by molar-refractivity contribution is 6.32. The average Bonchev–Trinajstić information content (AvgIpc) is 3.63. The van der Waals surface area contributed by atoms with Crippen molar-refractivity contribution >= 4 is 34.9 Å². The summed E-state index contributed by atoms with van der Waals surface area (Å²) in [4.78, 5) is 31.5. The summed E-state index contributed by atoms with van der Waals surface area (Å²) in [6, 6.07) is 17.2. The van der Waals surface area contributed by atoms with Crippen LogP contribution in [0, 0.1) is 6.92 Å². The molecule has 0 atom stereocenters. The maximum absolute atomic E-state index is 13.9. The number of ketones is 1. The molecule has 1 amide bonds. The number of nitrogens with zero attached hydrogens (tertiary/aromatic N) is 7. The number of tetrazole rings is 1. The molecule has 0 spiro atoms. The quantitative estimate of drug-likeness (QED) is 0.179. The summed E-state index contributed by atoms with van der Waals surface area (Å²) in [6.07, 6.45) is -4.64. The van der Waals surface area contributed by atoms with E-state index in [4.69, 9.17) is 23.2 Å². The summed E-state index contributed by atoms with van der Waals surface area (Å²) < 4.78 is 40.9. The molecule has 232 valence electrons. The highest BCUT2D eigenvalue weighted by atomic mass is 35.5. The predicted molar refractivity (Wildman–Crippen MR) is 159 cm³/mol. The lowest BCUT2D eigenvalue weighted by molar-refractivity contribution is -0.134. The lowest BCUT2D eigenvalue weighted by Gasteiger charge is -2.14. The molecule has 2 aromatic carbocycles. The molecule has 0 aliphatic rings. The van der Waals surface area contributed by atoms with Crippen LogP contribution in [0.25, 0.3) is 5.82 Å². The van der Waals surface area contributed by atoms with Gasteiger partial charge in [-0.25, -0.2) is 14.3 Å². The van der Waals surface area contributed by atoms with Crippen LogP contribution in [0.1, 0.15) is 55.5 Å². The highest BCUT2D eigenvalue weighted by Gasteiger charge is 2.28. The molecule has 0 saturated heterocycles. The first-order valence-electron chi connectivity index (χ1n) is 13.6. The Kier molecular flexibility index (Phi) is 9.59. The first-order valence-corrected chi connectivity index (χ1v) is 14.4. The van der Waals surface area contributed by atoms with E-state index in [1.54, 1.807) is 25.1 Å². The topological polar surface area (TPSA) is 120 Å². The van der Waals surface area contributed by atoms with E-state index in [0.717, 1.165) is 5.56 Å². The van der Waals surface area contributed by atoms with Crippen molar-refractivity contribution in [3.63, 3.8) is 0 Å². The largest absolute Gasteiger partial charge is 0.389 e. The normalized spacial score (nSPS) is 11.5. The Morgan fingerprint density at radius 2 is 1.80 bits per heavy atom. The van der Waals surface area contributed by atoms with E-state index < -0.39 is 30.7 Å². The van der Waals surface area contributed by atoms with E-state index >= 15 is 0 Å². The predicted octanol–water partition coefficient (Wildman–Crippen LogP) is 5.77. The van der Waals surface area contributed by atoms with Crippen molar-refractivity contribution < 1.29 is 22.8 Å². The number of pyridine rings is 1. The van der Waals surface area contributed by atoms with Gasteiger partial charge in [-0.3, -0.25) is 9.59 Å². The lowest BCUT2D eigenvalue weighted by Crippen LogP contribution is -2.25. The SMILES string of the molecule is Cc1cc(Cl)cc(C(=O)NCc2ccccc2)c1CC(=O)c1cc(Cn2nnnc2CCC(F)(F)F)nn1-c1ncccc1Cl. The third-order valence-corrected chi connectivity index (χ3v) is 7.36. The van der Waals surface area contributed by atoms with Gasteiger partial charge in [-0.2, -0.15) is 18.3 Å². The van der Waals surface area contributed by atoms with Gasteiger partial charge in [0.2, 0.25) is 0 Å². The second-order valence-electron chi connectivity index (χ2n) is 10.1. The fraction of sp³-hybridized carbons (Fsp3) is 0.233. The van der Waals surface area contributed by atoms with Crippen LogP contribution >= 0.6 is 23.2 Å². The minimum atomic E-state index is -4.38. The molecule has 45 heavy (non-hydrogen) atoms. The molecule has 3 heterocycles. The molecule has 5 aromatic rings. The Balaban J connectivity index is 1.46. The van der Waals surface area contributed by atoms with Crippen LogP contribution in [-0.2, 0) is 25.9 Å². The molecule has 0 fully saturated rings. The highest BCUT2D eigenvalue weighted by Crippen LogP contribution is 2.26. The van der Waals surface area contributed by atoms with Gasteiger partial charge < -0.3 is 5.32 Å². The molecule has 0 saturated carbocycles. The van der Waals surface area contributed by atoms with E-state index in [9.17, 15) is 22.8 Å². The van der Waals surface area contributed by atoms with E-state index in [-0.39, 0.29) is 53.1 Å². The smallest absolute Gasteiger partial charge is 0.348 e. The van der Waals surface area contributed by atoms with E-state index in [1.165, 1.54) is 27.7 Å². The van der Waals surface area contributed by atoms with E-state index in [2.05, 4.69) is 30.9 Å². The second kappa shape index (κ2) is 13.6. The number of aromatic nitrogens is 7. The van der Waals surface area contributed by atoms with Gasteiger partial charge in [0.15, 0.2) is 17.4 Å². The summed E-state index contributed by atoms with van der Waals surface area (Å²) >= 11 is 12.7. The van der Waals surface area contributed by atoms with Crippen LogP contribution in [0.4, 0.5) is 13.2 Å². The third-order valence-electron chi connectivity index (χ3n) is 6.85. The zero-order valence-electron chi connectivity index (χ0n) is 23.7. The van der Waals surface area contributed by atoms with E-state index in [0.29, 0.717) is 16.1 Å². The summed E-state index contributed by atoms with van der Waals surface area (Å²) in [5.41, 5.74) is 2.59. The van der Waals surface area contributed by atoms with Gasteiger partial charge in [0.05, 0.1) is 23.7 Å². The van der Waals surface area contributed by atoms with Gasteiger partial charge in [0, 0.05) is 36.2 Å². The maximum atomic E-state index is 13.9. The van der Waals surface area contributed by atoms with Crippen molar-refractivity contribution in [1.29, 1.82) is 0 Å². The Morgan fingerprint density at radius 3 is 2.53 bits per heavy atom. The van der Waals surface area contributed by atoms with E-state index in [1.807, 2.05) is 30.3 Å². The summed E-state index contributed by atoms with van der Waals surface area (Å²) in [7, 11) is 0. The fourth-order valence-corrected chi connectivity index (χ4v) is 5.14. The van der Waals surface area contributed by atoms with Crippen molar-refractivity contribution in [2.45, 2.75) is 45.5 Å². The van der Waals surface area contributed by atoms with Gasteiger partial charge in [0.1, 0.15) is 5.69 Å². The number of amides is 1. The van der Waals surface area contributed by atoms with Gasteiger partial charge in [-0.1, -0.05) is 53.5 Å². The zero-order valence-corrected chi connectivity index (χ0v) is 25.2. The zero-order chi connectivity index (χ0) is 32.1. The van der Waals surface area contributed by atoms with Gasteiger partial charge in [-0.15, -0.1) is 5.10 Å². The van der Waals surface area contributed by atoms with Crippen molar-refractivity contribution in [3.05, 3.63) is 116 Å². The number of Topliss-reactive ketones (excluding diaryl/α,β-unsaturated/α-hetero) is 1. The number of halogens is 5. The Labute approximate surface area is 265 Å². The fourth-order valence-electron chi connectivity index (χ4n) is 4.67. The minimum absolute atomic E-state index is 0.00793. The molecular weight excluding hydrogens is 632 g/mol.